The molecule has 0 fully saturated rings. The minimum absolute atomic E-state index is 0.0663. The molecule has 1 atom stereocenters. The molecule has 16 heavy (non-hydrogen) atoms. The molecule has 0 saturated heterocycles. The normalized spacial score (nSPS) is 12.6. The number of carbonyl (C=O) groups is 1. The highest BCUT2D eigenvalue weighted by atomic mass is 79.9. The van der Waals surface area contributed by atoms with Crippen LogP contribution in [0.5, 0.6) is 0 Å². The predicted octanol–water partition coefficient (Wildman–Crippen LogP) is 3.32. The third kappa shape index (κ3) is 3.01. The Balaban J connectivity index is 2.81. The number of hydrogen-bond donors (Lipinski definition) is 1. The SMILES string of the molecule is CC(C)C(Br)C(=O)Nc1cccc(F)c1F. The van der Waals surface area contributed by atoms with E-state index in [1.54, 1.807) is 0 Å². The summed E-state index contributed by atoms with van der Waals surface area (Å²) in [6.07, 6.45) is 0. The van der Waals surface area contributed by atoms with Gasteiger partial charge in [-0.3, -0.25) is 4.79 Å². The monoisotopic (exact) mass is 291 g/mol. The average Bonchev–Trinajstić information content (AvgIpc) is 2.23. The fourth-order valence-corrected chi connectivity index (χ4v) is 1.22. The topological polar surface area (TPSA) is 29.1 Å². The van der Waals surface area contributed by atoms with E-state index in [1.165, 1.54) is 12.1 Å². The van der Waals surface area contributed by atoms with Crippen molar-refractivity contribution < 1.29 is 13.6 Å². The Morgan fingerprint density at radius 2 is 2.00 bits per heavy atom. The zero-order valence-corrected chi connectivity index (χ0v) is 10.5. The Hall–Kier alpha value is -0.970. The molecule has 0 radical (unpaired) electrons. The zero-order chi connectivity index (χ0) is 12.3. The van der Waals surface area contributed by atoms with Gasteiger partial charge in [0.2, 0.25) is 5.91 Å². The molecule has 1 rings (SSSR count). The second-order valence-electron chi connectivity index (χ2n) is 3.74. The first kappa shape index (κ1) is 13.1. The summed E-state index contributed by atoms with van der Waals surface area (Å²) in [5.41, 5.74) is -0.143. The van der Waals surface area contributed by atoms with Crippen molar-refractivity contribution in [2.45, 2.75) is 18.7 Å². The van der Waals surface area contributed by atoms with Crippen molar-refractivity contribution in [3.8, 4) is 0 Å². The molecule has 2 nitrogen and oxygen atoms in total. The Kier molecular flexibility index (Phi) is 4.41. The Morgan fingerprint density at radius 1 is 1.38 bits per heavy atom. The van der Waals surface area contributed by atoms with Crippen molar-refractivity contribution in [1.82, 2.24) is 0 Å². The predicted molar refractivity (Wildman–Crippen MR) is 62.5 cm³/mol. The van der Waals surface area contributed by atoms with E-state index in [-0.39, 0.29) is 17.5 Å². The maximum absolute atomic E-state index is 13.2. The minimum atomic E-state index is -1.04. The second kappa shape index (κ2) is 5.39. The van der Waals surface area contributed by atoms with Crippen LogP contribution in [-0.4, -0.2) is 10.7 Å². The smallest absolute Gasteiger partial charge is 0.238 e. The molecule has 0 heterocycles. The number of benzene rings is 1. The number of halogens is 3. The molecule has 0 aromatic heterocycles. The molecule has 0 aliphatic heterocycles. The third-order valence-electron chi connectivity index (χ3n) is 2.05. The van der Waals surface area contributed by atoms with Gasteiger partial charge in [-0.1, -0.05) is 35.8 Å². The summed E-state index contributed by atoms with van der Waals surface area (Å²) < 4.78 is 26.1. The lowest BCUT2D eigenvalue weighted by atomic mass is 10.1. The van der Waals surface area contributed by atoms with Crippen molar-refractivity contribution in [3.63, 3.8) is 0 Å². The van der Waals surface area contributed by atoms with Crippen LogP contribution in [0.15, 0.2) is 18.2 Å². The number of rotatable bonds is 3. The van der Waals surface area contributed by atoms with Gasteiger partial charge in [-0.2, -0.15) is 0 Å². The molecule has 0 spiro atoms. The van der Waals surface area contributed by atoms with Gasteiger partial charge in [-0.05, 0) is 18.1 Å². The van der Waals surface area contributed by atoms with Gasteiger partial charge in [0.25, 0.3) is 0 Å². The molecule has 0 saturated carbocycles. The van der Waals surface area contributed by atoms with Crippen LogP contribution < -0.4 is 5.32 Å². The molecule has 1 amide bonds. The molecule has 0 aliphatic rings. The highest BCUT2D eigenvalue weighted by molar-refractivity contribution is 9.10. The quantitative estimate of drug-likeness (QED) is 0.851. The van der Waals surface area contributed by atoms with Gasteiger partial charge in [0, 0.05) is 0 Å². The Labute approximate surface area is 101 Å². The van der Waals surface area contributed by atoms with Gasteiger partial charge in [0.15, 0.2) is 11.6 Å². The first-order valence-electron chi connectivity index (χ1n) is 4.82. The maximum atomic E-state index is 13.2. The van der Waals surface area contributed by atoms with E-state index < -0.39 is 16.5 Å². The summed E-state index contributed by atoms with van der Waals surface area (Å²) in [7, 11) is 0. The van der Waals surface area contributed by atoms with E-state index in [9.17, 15) is 13.6 Å². The summed E-state index contributed by atoms with van der Waals surface area (Å²) in [6.45, 7) is 3.70. The molecule has 1 aromatic rings. The molecule has 0 bridgehead atoms. The fourth-order valence-electron chi connectivity index (χ4n) is 1.10. The number of anilines is 1. The van der Waals surface area contributed by atoms with Gasteiger partial charge in [-0.15, -0.1) is 0 Å². The summed E-state index contributed by atoms with van der Waals surface area (Å²) >= 11 is 3.18. The van der Waals surface area contributed by atoms with Gasteiger partial charge in [-0.25, -0.2) is 8.78 Å². The highest BCUT2D eigenvalue weighted by Gasteiger charge is 2.20. The van der Waals surface area contributed by atoms with E-state index in [2.05, 4.69) is 21.2 Å². The highest BCUT2D eigenvalue weighted by Crippen LogP contribution is 2.19. The number of carbonyl (C=O) groups excluding carboxylic acids is 1. The van der Waals surface area contributed by atoms with E-state index in [4.69, 9.17) is 0 Å². The molecule has 1 N–H and O–H groups in total. The summed E-state index contributed by atoms with van der Waals surface area (Å²) in [6, 6.07) is 3.65. The molecule has 1 unspecified atom stereocenters. The third-order valence-corrected chi connectivity index (χ3v) is 3.52. The standard InChI is InChI=1S/C11H12BrF2NO/c1-6(2)9(12)11(16)15-8-5-3-4-7(13)10(8)14/h3-6,9H,1-2H3,(H,15,16). The minimum Gasteiger partial charge on any atom is -0.323 e. The molecule has 5 heteroatoms. The first-order chi connectivity index (χ1) is 7.43. The maximum Gasteiger partial charge on any atom is 0.238 e. The molecule has 0 aliphatic carbocycles. The van der Waals surface area contributed by atoms with Crippen LogP contribution in [0.25, 0.3) is 0 Å². The van der Waals surface area contributed by atoms with Gasteiger partial charge >= 0.3 is 0 Å². The van der Waals surface area contributed by atoms with Crippen molar-refractivity contribution in [2.24, 2.45) is 5.92 Å². The number of nitrogens with one attached hydrogen (secondary N) is 1. The summed E-state index contributed by atoms with van der Waals surface area (Å²) in [4.78, 5) is 11.1. The number of amides is 1. The summed E-state index contributed by atoms with van der Waals surface area (Å²) in [5.74, 6) is -2.34. The van der Waals surface area contributed by atoms with E-state index in [1.807, 2.05) is 13.8 Å². The molecular weight excluding hydrogens is 280 g/mol. The van der Waals surface area contributed by atoms with Crippen molar-refractivity contribution in [2.75, 3.05) is 5.32 Å². The Morgan fingerprint density at radius 3 is 2.56 bits per heavy atom. The van der Waals surface area contributed by atoms with Crippen LogP contribution in [0, 0.1) is 17.6 Å². The van der Waals surface area contributed by atoms with Crippen LogP contribution in [0.3, 0.4) is 0 Å². The lowest BCUT2D eigenvalue weighted by molar-refractivity contribution is -0.116. The van der Waals surface area contributed by atoms with Gasteiger partial charge < -0.3 is 5.32 Å². The van der Waals surface area contributed by atoms with Crippen molar-refractivity contribution in [3.05, 3.63) is 29.8 Å². The Bertz CT molecular complexity index is 396. The second-order valence-corrected chi connectivity index (χ2v) is 4.72. The van der Waals surface area contributed by atoms with Crippen molar-refractivity contribution >= 4 is 27.5 Å². The van der Waals surface area contributed by atoms with Gasteiger partial charge in [0.05, 0.1) is 10.5 Å². The van der Waals surface area contributed by atoms with Crippen LogP contribution in [0.4, 0.5) is 14.5 Å². The van der Waals surface area contributed by atoms with E-state index >= 15 is 0 Å². The van der Waals surface area contributed by atoms with Crippen LogP contribution in [-0.2, 0) is 4.79 Å². The fraction of sp³-hybridized carbons (Fsp3) is 0.364. The van der Waals surface area contributed by atoms with Gasteiger partial charge in [0.1, 0.15) is 0 Å². The van der Waals surface area contributed by atoms with Crippen molar-refractivity contribution in [1.29, 1.82) is 0 Å². The van der Waals surface area contributed by atoms with Crippen LogP contribution in [0.2, 0.25) is 0 Å². The molecule has 88 valence electrons. The summed E-state index contributed by atoms with van der Waals surface area (Å²) in [5, 5.41) is 2.33. The first-order valence-corrected chi connectivity index (χ1v) is 5.74. The lowest BCUT2D eigenvalue weighted by Crippen LogP contribution is -2.27. The largest absolute Gasteiger partial charge is 0.323 e. The van der Waals surface area contributed by atoms with Crippen LogP contribution in [0.1, 0.15) is 13.8 Å². The zero-order valence-electron chi connectivity index (χ0n) is 8.93. The number of hydrogen-bond acceptors (Lipinski definition) is 1. The lowest BCUT2D eigenvalue weighted by Gasteiger charge is -2.14. The number of alkyl halides is 1. The van der Waals surface area contributed by atoms with E-state index in [0.29, 0.717) is 0 Å². The average molecular weight is 292 g/mol. The van der Waals surface area contributed by atoms with E-state index in [0.717, 1.165) is 6.07 Å². The van der Waals surface area contributed by atoms with Crippen LogP contribution >= 0.6 is 15.9 Å². The molecular formula is C11H12BrF2NO. The molecule has 1 aromatic carbocycles.